The lowest BCUT2D eigenvalue weighted by Gasteiger charge is -2.03. The highest BCUT2D eigenvalue weighted by molar-refractivity contribution is 8.18. The molecule has 2 aromatic carbocycles. The summed E-state index contributed by atoms with van der Waals surface area (Å²) in [5.74, 6) is -0.679. The number of nitrogens with one attached hydrogen (secondary N) is 1. The number of carboxylic acids is 1. The van der Waals surface area contributed by atoms with Gasteiger partial charge in [0.15, 0.2) is 5.17 Å². The first kappa shape index (κ1) is 22.3. The third kappa shape index (κ3) is 4.81. The van der Waals surface area contributed by atoms with Crippen molar-refractivity contribution in [3.8, 4) is 11.3 Å². The maximum Gasteiger partial charge on any atom is 0.335 e. The van der Waals surface area contributed by atoms with E-state index in [0.717, 1.165) is 17.3 Å². The predicted molar refractivity (Wildman–Crippen MR) is 125 cm³/mol. The van der Waals surface area contributed by atoms with Crippen LogP contribution in [0, 0.1) is 17.0 Å². The molecule has 1 fully saturated rings. The number of hydrogen-bond donors (Lipinski definition) is 2. The van der Waals surface area contributed by atoms with Crippen molar-refractivity contribution in [1.29, 1.82) is 0 Å². The Hall–Kier alpha value is -3.89. The Morgan fingerprint density at radius 1 is 1.24 bits per heavy atom. The number of thioether (sulfide) groups is 1. The average Bonchev–Trinajstić information content (AvgIpc) is 3.36. The van der Waals surface area contributed by atoms with Crippen LogP contribution in [0.4, 0.5) is 11.4 Å². The summed E-state index contributed by atoms with van der Waals surface area (Å²) in [6, 6.07) is 11.9. The second-order valence-corrected chi connectivity index (χ2v) is 8.35. The van der Waals surface area contributed by atoms with Gasteiger partial charge in [0, 0.05) is 23.8 Å². The molecule has 166 valence electrons. The maximum atomic E-state index is 12.4. The van der Waals surface area contributed by atoms with Crippen LogP contribution >= 0.6 is 23.4 Å². The van der Waals surface area contributed by atoms with Crippen LogP contribution in [0.15, 0.2) is 62.8 Å². The quantitative estimate of drug-likeness (QED) is 0.281. The number of non-ortho nitro benzene ring substituents is 1. The number of carbonyl (C=O) groups excluding carboxylic acids is 1. The molecular formula is C22H14ClN3O6S. The Balaban J connectivity index is 1.57. The summed E-state index contributed by atoms with van der Waals surface area (Å²) < 4.78 is 5.75. The number of aromatic carboxylic acids is 1. The van der Waals surface area contributed by atoms with E-state index in [9.17, 15) is 19.7 Å². The number of aliphatic imine (C=N–C) groups is 1. The molecule has 1 aliphatic heterocycles. The van der Waals surface area contributed by atoms with Gasteiger partial charge in [-0.05, 0) is 54.6 Å². The third-order valence-electron chi connectivity index (χ3n) is 4.66. The van der Waals surface area contributed by atoms with Gasteiger partial charge < -0.3 is 14.8 Å². The summed E-state index contributed by atoms with van der Waals surface area (Å²) in [7, 11) is 0. The monoisotopic (exact) mass is 483 g/mol. The minimum absolute atomic E-state index is 0.0954. The summed E-state index contributed by atoms with van der Waals surface area (Å²) in [6.07, 6.45) is 1.53. The van der Waals surface area contributed by atoms with Crippen molar-refractivity contribution in [2.75, 3.05) is 0 Å². The Labute approximate surface area is 195 Å². The van der Waals surface area contributed by atoms with E-state index >= 15 is 0 Å². The molecule has 0 unspecified atom stereocenters. The molecule has 1 aliphatic rings. The van der Waals surface area contributed by atoms with Crippen LogP contribution in [0.1, 0.15) is 21.7 Å². The lowest BCUT2D eigenvalue weighted by molar-refractivity contribution is -0.384. The first-order valence-electron chi connectivity index (χ1n) is 9.39. The van der Waals surface area contributed by atoms with Crippen LogP contribution in [-0.4, -0.2) is 27.1 Å². The molecule has 0 aliphatic carbocycles. The van der Waals surface area contributed by atoms with Crippen LogP contribution in [-0.2, 0) is 4.79 Å². The Kier molecular flexibility index (Phi) is 6.03. The number of nitro benzene ring substituents is 1. The first-order valence-corrected chi connectivity index (χ1v) is 10.6. The predicted octanol–water partition coefficient (Wildman–Crippen LogP) is 5.41. The van der Waals surface area contributed by atoms with Crippen molar-refractivity contribution in [2.45, 2.75) is 6.92 Å². The molecule has 11 heteroatoms. The molecule has 0 atom stereocenters. The number of hydrogen-bond acceptors (Lipinski definition) is 7. The van der Waals surface area contributed by atoms with E-state index in [2.05, 4.69) is 10.3 Å². The van der Waals surface area contributed by atoms with Crippen LogP contribution in [0.5, 0.6) is 0 Å². The van der Waals surface area contributed by atoms with E-state index in [0.29, 0.717) is 32.8 Å². The topological polar surface area (TPSA) is 135 Å². The Bertz CT molecular complexity index is 1380. The van der Waals surface area contributed by atoms with E-state index < -0.39 is 10.9 Å². The molecule has 33 heavy (non-hydrogen) atoms. The molecule has 9 nitrogen and oxygen atoms in total. The maximum absolute atomic E-state index is 12.4. The highest BCUT2D eigenvalue weighted by Gasteiger charge is 2.25. The molecule has 0 bridgehead atoms. The van der Waals surface area contributed by atoms with E-state index in [4.69, 9.17) is 21.1 Å². The van der Waals surface area contributed by atoms with E-state index in [-0.39, 0.29) is 22.2 Å². The number of rotatable bonds is 5. The second-order valence-electron chi connectivity index (χ2n) is 6.91. The Morgan fingerprint density at radius 3 is 2.73 bits per heavy atom. The van der Waals surface area contributed by atoms with Gasteiger partial charge in [0.05, 0.1) is 26.1 Å². The molecular weight excluding hydrogens is 470 g/mol. The van der Waals surface area contributed by atoms with Gasteiger partial charge in [0.25, 0.3) is 11.6 Å². The van der Waals surface area contributed by atoms with E-state index in [1.807, 2.05) is 0 Å². The van der Waals surface area contributed by atoms with E-state index in [1.54, 1.807) is 25.1 Å². The third-order valence-corrected chi connectivity index (χ3v) is 5.88. The summed E-state index contributed by atoms with van der Waals surface area (Å²) in [5.41, 5.74) is 1.64. The smallest absolute Gasteiger partial charge is 0.335 e. The van der Waals surface area contributed by atoms with Crippen molar-refractivity contribution < 1.29 is 24.0 Å². The molecule has 1 amide bonds. The van der Waals surface area contributed by atoms with Gasteiger partial charge in [-0.1, -0.05) is 17.7 Å². The fourth-order valence-electron chi connectivity index (χ4n) is 2.97. The zero-order valence-corrected chi connectivity index (χ0v) is 18.4. The number of halogens is 1. The number of carboxylic acid groups (broad SMARTS) is 1. The van der Waals surface area contributed by atoms with Crippen LogP contribution in [0.3, 0.4) is 0 Å². The molecule has 1 saturated heterocycles. The molecule has 1 aromatic heterocycles. The largest absolute Gasteiger partial charge is 0.478 e. The number of carbonyl (C=O) groups is 2. The number of nitro groups is 1. The van der Waals surface area contributed by atoms with Crippen molar-refractivity contribution in [3.05, 3.63) is 85.5 Å². The fourth-order valence-corrected chi connectivity index (χ4v) is 4.06. The molecule has 0 saturated carbocycles. The number of benzene rings is 2. The number of furan rings is 1. The number of nitrogens with zero attached hydrogens (tertiary/aromatic N) is 2. The standard InChI is InChI=1S/C22H14ClN3O6S/c1-11-2-3-12(21(28)29)8-17(11)24-22-25-20(27)19(33-22)10-14-5-7-18(32-14)15-6-4-13(26(30)31)9-16(15)23/h2-10H,1H3,(H,28,29)(H,24,25,27)/b19-10+. The van der Waals surface area contributed by atoms with Crippen molar-refractivity contribution in [1.82, 2.24) is 5.32 Å². The second kappa shape index (κ2) is 8.93. The lowest BCUT2D eigenvalue weighted by Crippen LogP contribution is -2.19. The zero-order chi connectivity index (χ0) is 23.7. The average molecular weight is 484 g/mol. The molecule has 3 aromatic rings. The fraction of sp³-hybridized carbons (Fsp3) is 0.0455. The number of amidine groups is 1. The van der Waals surface area contributed by atoms with Gasteiger partial charge in [-0.25, -0.2) is 9.79 Å². The van der Waals surface area contributed by atoms with Gasteiger partial charge in [-0.2, -0.15) is 0 Å². The molecule has 2 N–H and O–H groups in total. The summed E-state index contributed by atoms with van der Waals surface area (Å²) in [5, 5.41) is 23.2. The van der Waals surface area contributed by atoms with E-state index in [1.165, 1.54) is 36.4 Å². The van der Waals surface area contributed by atoms with Gasteiger partial charge in [0.2, 0.25) is 0 Å². The first-order chi connectivity index (χ1) is 15.7. The minimum Gasteiger partial charge on any atom is -0.478 e. The van der Waals surface area contributed by atoms with Crippen molar-refractivity contribution in [3.63, 3.8) is 0 Å². The minimum atomic E-state index is -1.07. The number of amides is 1. The molecule has 2 heterocycles. The van der Waals surface area contributed by atoms with Crippen LogP contribution in [0.2, 0.25) is 5.02 Å². The molecule has 4 rings (SSSR count). The zero-order valence-electron chi connectivity index (χ0n) is 16.9. The van der Waals surface area contributed by atoms with Crippen LogP contribution in [0.25, 0.3) is 17.4 Å². The highest BCUT2D eigenvalue weighted by Crippen LogP contribution is 2.34. The van der Waals surface area contributed by atoms with Crippen molar-refractivity contribution >= 4 is 57.9 Å². The SMILES string of the molecule is Cc1ccc(C(=O)O)cc1N=C1NC(=O)/C(=C\c2ccc(-c3ccc([N+](=O)[O-])cc3Cl)o2)S1. The van der Waals surface area contributed by atoms with Crippen molar-refractivity contribution in [2.24, 2.45) is 4.99 Å². The van der Waals surface area contributed by atoms with Gasteiger partial charge in [-0.15, -0.1) is 0 Å². The number of aryl methyl sites for hydroxylation is 1. The van der Waals surface area contributed by atoms with Gasteiger partial charge in [-0.3, -0.25) is 14.9 Å². The summed E-state index contributed by atoms with van der Waals surface area (Å²) in [6.45, 7) is 1.79. The Morgan fingerprint density at radius 2 is 2.03 bits per heavy atom. The molecule has 0 radical (unpaired) electrons. The van der Waals surface area contributed by atoms with Gasteiger partial charge >= 0.3 is 5.97 Å². The normalized spacial score (nSPS) is 15.8. The lowest BCUT2D eigenvalue weighted by atomic mass is 10.1. The van der Waals surface area contributed by atoms with Crippen LogP contribution < -0.4 is 5.32 Å². The summed E-state index contributed by atoms with van der Waals surface area (Å²) >= 11 is 7.24. The highest BCUT2D eigenvalue weighted by atomic mass is 35.5. The molecule has 0 spiro atoms. The van der Waals surface area contributed by atoms with Gasteiger partial charge in [0.1, 0.15) is 11.5 Å². The summed E-state index contributed by atoms with van der Waals surface area (Å²) in [4.78, 5) is 38.6.